The van der Waals surface area contributed by atoms with Gasteiger partial charge in [-0.2, -0.15) is 8.42 Å². The molecule has 0 atom stereocenters. The van der Waals surface area contributed by atoms with Crippen molar-refractivity contribution in [2.24, 2.45) is 0 Å². The molecule has 3 aromatic carbocycles. The highest BCUT2D eigenvalue weighted by Crippen LogP contribution is 2.27. The van der Waals surface area contributed by atoms with Crippen LogP contribution < -0.4 is 14.6 Å². The quantitative estimate of drug-likeness (QED) is 0.318. The lowest BCUT2D eigenvalue weighted by Crippen LogP contribution is -2.26. The summed E-state index contributed by atoms with van der Waals surface area (Å²) in [6, 6.07) is 20.8. The fourth-order valence-corrected chi connectivity index (χ4v) is 5.66. The molecule has 10 heteroatoms. The molecule has 1 saturated heterocycles. The molecule has 9 nitrogen and oxygen atoms in total. The van der Waals surface area contributed by atoms with Crippen LogP contribution in [0.1, 0.15) is 24.0 Å². The summed E-state index contributed by atoms with van der Waals surface area (Å²) in [7, 11) is -4.07. The van der Waals surface area contributed by atoms with E-state index in [2.05, 4.69) is 15.1 Å². The van der Waals surface area contributed by atoms with Crippen molar-refractivity contribution >= 4 is 32.7 Å². The minimum atomic E-state index is -4.07. The van der Waals surface area contributed by atoms with Gasteiger partial charge in [-0.25, -0.2) is 4.40 Å². The highest BCUT2D eigenvalue weighted by molar-refractivity contribution is 7.87. The lowest BCUT2D eigenvalue weighted by atomic mass is 10.2. The Hall–Kier alpha value is -4.18. The van der Waals surface area contributed by atoms with E-state index in [-0.39, 0.29) is 16.2 Å². The van der Waals surface area contributed by atoms with Crippen LogP contribution in [-0.2, 0) is 16.7 Å². The number of nitrogens with zero attached hydrogens (tertiary/aromatic N) is 5. The van der Waals surface area contributed by atoms with E-state index in [9.17, 15) is 13.2 Å². The Labute approximate surface area is 213 Å². The molecule has 0 saturated carbocycles. The Bertz CT molecular complexity index is 1770. The number of hydrogen-bond acceptors (Lipinski definition) is 7. The Morgan fingerprint density at radius 1 is 0.919 bits per heavy atom. The molecule has 0 bridgehead atoms. The van der Waals surface area contributed by atoms with Crippen LogP contribution in [0, 0.1) is 6.92 Å². The molecule has 1 fully saturated rings. The van der Waals surface area contributed by atoms with Crippen LogP contribution in [0.3, 0.4) is 0 Å². The van der Waals surface area contributed by atoms with Gasteiger partial charge in [-0.05, 0) is 55.7 Å². The van der Waals surface area contributed by atoms with Crippen LogP contribution in [0.25, 0.3) is 16.7 Å². The van der Waals surface area contributed by atoms with E-state index in [1.807, 2.05) is 41.7 Å². The SMILES string of the molecule is Cc1ccc(S(=O)(=O)Oc2ccc3c(c2)c(=O)n(Cc2ccccc2)c2nnc(N4CCCC4)n32)cc1. The Balaban J connectivity index is 1.52. The van der Waals surface area contributed by atoms with E-state index in [0.717, 1.165) is 37.1 Å². The molecule has 0 radical (unpaired) electrons. The molecular formula is C27H25N5O4S. The monoisotopic (exact) mass is 515 g/mol. The maximum atomic E-state index is 13.8. The molecule has 6 rings (SSSR count). The van der Waals surface area contributed by atoms with Crippen molar-refractivity contribution < 1.29 is 12.6 Å². The molecule has 0 aliphatic carbocycles. The Kier molecular flexibility index (Phi) is 5.68. The molecule has 5 aromatic rings. The van der Waals surface area contributed by atoms with E-state index in [1.54, 1.807) is 28.8 Å². The second-order valence-corrected chi connectivity index (χ2v) is 10.8. The summed E-state index contributed by atoms with van der Waals surface area (Å²) in [5.74, 6) is 1.16. The molecule has 0 N–H and O–H groups in total. The first-order valence-corrected chi connectivity index (χ1v) is 13.5. The zero-order valence-corrected chi connectivity index (χ0v) is 21.1. The van der Waals surface area contributed by atoms with Gasteiger partial charge in [-0.3, -0.25) is 9.36 Å². The molecular weight excluding hydrogens is 490 g/mol. The van der Waals surface area contributed by atoms with Gasteiger partial charge in [-0.1, -0.05) is 48.0 Å². The van der Waals surface area contributed by atoms with Crippen molar-refractivity contribution in [2.45, 2.75) is 31.2 Å². The van der Waals surface area contributed by atoms with Gasteiger partial charge >= 0.3 is 10.1 Å². The standard InChI is InChI=1S/C27H25N5O4S/c1-19-9-12-22(13-10-19)37(34,35)36-21-11-14-24-23(17-21)25(33)31(18-20-7-3-2-4-8-20)27-29-28-26(32(24)27)30-15-5-6-16-30/h2-4,7-14,17H,5-6,15-16,18H2,1H3. The van der Waals surface area contributed by atoms with Crippen LogP contribution in [0.15, 0.2) is 82.5 Å². The number of fused-ring (bicyclic) bond motifs is 3. The largest absolute Gasteiger partial charge is 0.379 e. The molecule has 0 amide bonds. The van der Waals surface area contributed by atoms with Crippen molar-refractivity contribution in [3.63, 3.8) is 0 Å². The van der Waals surface area contributed by atoms with Crippen molar-refractivity contribution in [1.29, 1.82) is 0 Å². The molecule has 1 aliphatic heterocycles. The number of hydrogen-bond donors (Lipinski definition) is 0. The molecule has 188 valence electrons. The fraction of sp³-hybridized carbons (Fsp3) is 0.222. The zero-order valence-electron chi connectivity index (χ0n) is 20.2. The molecule has 0 unspecified atom stereocenters. The number of aryl methyl sites for hydroxylation is 1. The summed E-state index contributed by atoms with van der Waals surface area (Å²) in [5.41, 5.74) is 2.17. The number of benzene rings is 3. The maximum Gasteiger partial charge on any atom is 0.339 e. The minimum Gasteiger partial charge on any atom is -0.379 e. The van der Waals surface area contributed by atoms with Gasteiger partial charge in [0.1, 0.15) is 10.6 Å². The van der Waals surface area contributed by atoms with Crippen LogP contribution >= 0.6 is 0 Å². The van der Waals surface area contributed by atoms with Crippen LogP contribution in [0.5, 0.6) is 5.75 Å². The van der Waals surface area contributed by atoms with Gasteiger partial charge in [0.15, 0.2) is 0 Å². The number of aromatic nitrogens is 4. The topological polar surface area (TPSA) is 98.8 Å². The van der Waals surface area contributed by atoms with Gasteiger partial charge in [-0.15, -0.1) is 10.2 Å². The van der Waals surface area contributed by atoms with Crippen LogP contribution in [-0.4, -0.2) is 40.7 Å². The normalized spacial score (nSPS) is 14.0. The zero-order chi connectivity index (χ0) is 25.6. The summed E-state index contributed by atoms with van der Waals surface area (Å²) in [6.45, 7) is 3.89. The van der Waals surface area contributed by atoms with E-state index in [1.165, 1.54) is 18.2 Å². The number of anilines is 1. The van der Waals surface area contributed by atoms with Crippen LogP contribution in [0.4, 0.5) is 5.95 Å². The van der Waals surface area contributed by atoms with Gasteiger partial charge in [0.05, 0.1) is 17.4 Å². The highest BCUT2D eigenvalue weighted by Gasteiger charge is 2.24. The lowest BCUT2D eigenvalue weighted by molar-refractivity contribution is 0.486. The fourth-order valence-electron chi connectivity index (χ4n) is 4.74. The highest BCUT2D eigenvalue weighted by atomic mass is 32.2. The smallest absolute Gasteiger partial charge is 0.339 e. The average Bonchev–Trinajstić information content (AvgIpc) is 3.58. The first-order valence-electron chi connectivity index (χ1n) is 12.1. The third kappa shape index (κ3) is 4.23. The second-order valence-electron chi connectivity index (χ2n) is 9.24. The van der Waals surface area contributed by atoms with Crippen LogP contribution in [0.2, 0.25) is 0 Å². The lowest BCUT2D eigenvalue weighted by Gasteiger charge is -2.17. The third-order valence-electron chi connectivity index (χ3n) is 6.64. The summed E-state index contributed by atoms with van der Waals surface area (Å²) in [6.07, 6.45) is 2.12. The predicted octanol–water partition coefficient (Wildman–Crippen LogP) is 3.77. The van der Waals surface area contributed by atoms with E-state index in [4.69, 9.17) is 4.18 Å². The first kappa shape index (κ1) is 23.2. The molecule has 3 heterocycles. The van der Waals surface area contributed by atoms with Gasteiger partial charge in [0, 0.05) is 13.1 Å². The molecule has 2 aromatic heterocycles. The summed E-state index contributed by atoms with van der Waals surface area (Å²) in [5, 5.41) is 9.18. The Morgan fingerprint density at radius 3 is 2.38 bits per heavy atom. The van der Waals surface area contributed by atoms with Gasteiger partial charge in [0.25, 0.3) is 5.56 Å². The van der Waals surface area contributed by atoms with E-state index >= 15 is 0 Å². The maximum absolute atomic E-state index is 13.8. The average molecular weight is 516 g/mol. The number of rotatable bonds is 6. The third-order valence-corrected chi connectivity index (χ3v) is 7.90. The van der Waals surface area contributed by atoms with Crippen molar-refractivity contribution in [3.8, 4) is 5.75 Å². The van der Waals surface area contributed by atoms with Gasteiger partial charge in [0.2, 0.25) is 11.7 Å². The molecule has 0 spiro atoms. The predicted molar refractivity (Wildman–Crippen MR) is 141 cm³/mol. The summed E-state index contributed by atoms with van der Waals surface area (Å²) >= 11 is 0. The summed E-state index contributed by atoms with van der Waals surface area (Å²) in [4.78, 5) is 16.0. The van der Waals surface area contributed by atoms with E-state index < -0.39 is 10.1 Å². The van der Waals surface area contributed by atoms with Crippen molar-refractivity contribution in [3.05, 3.63) is 94.3 Å². The second kappa shape index (κ2) is 9.04. The minimum absolute atomic E-state index is 0.0465. The van der Waals surface area contributed by atoms with E-state index in [0.29, 0.717) is 29.2 Å². The van der Waals surface area contributed by atoms with Gasteiger partial charge < -0.3 is 9.08 Å². The first-order chi connectivity index (χ1) is 17.9. The van der Waals surface area contributed by atoms with Crippen molar-refractivity contribution in [2.75, 3.05) is 18.0 Å². The van der Waals surface area contributed by atoms with Crippen molar-refractivity contribution in [1.82, 2.24) is 19.2 Å². The summed E-state index contributed by atoms with van der Waals surface area (Å²) < 4.78 is 34.7. The Morgan fingerprint density at radius 2 is 1.65 bits per heavy atom. The molecule has 1 aliphatic rings. The molecule has 37 heavy (non-hydrogen) atoms.